The van der Waals surface area contributed by atoms with Gasteiger partial charge in [0.05, 0.1) is 17.0 Å². The molecule has 2 aromatic rings. The van der Waals surface area contributed by atoms with Crippen LogP contribution in [-0.2, 0) is 12.0 Å². The van der Waals surface area contributed by atoms with Gasteiger partial charge in [0, 0.05) is 17.1 Å². The number of hydrogen-bond donors (Lipinski definition) is 2. The molecule has 0 aliphatic heterocycles. The Bertz CT molecular complexity index is 800. The Balaban J connectivity index is 2.39. The zero-order valence-corrected chi connectivity index (χ0v) is 16.7. The summed E-state index contributed by atoms with van der Waals surface area (Å²) in [5, 5.41) is 2.60. The van der Waals surface area contributed by atoms with Crippen molar-refractivity contribution in [2.75, 3.05) is 12.8 Å². The second kappa shape index (κ2) is 7.39. The molecule has 3 N–H and O–H groups in total. The SMILES string of the molecule is CNC(=O)c1c(C)nc(N)nc1COc1ccc(Br)cc1C(C)(C)C. The zero-order valence-electron chi connectivity index (χ0n) is 15.1. The Kier molecular flexibility index (Phi) is 5.67. The number of amides is 1. The van der Waals surface area contributed by atoms with E-state index in [1.165, 1.54) is 0 Å². The molecule has 1 aromatic heterocycles. The van der Waals surface area contributed by atoms with E-state index in [-0.39, 0.29) is 23.9 Å². The topological polar surface area (TPSA) is 90.1 Å². The van der Waals surface area contributed by atoms with Gasteiger partial charge >= 0.3 is 0 Å². The predicted molar refractivity (Wildman–Crippen MR) is 102 cm³/mol. The van der Waals surface area contributed by atoms with Crippen LogP contribution in [0.4, 0.5) is 5.95 Å². The Morgan fingerprint density at radius 1 is 1.32 bits per heavy atom. The maximum Gasteiger partial charge on any atom is 0.254 e. The zero-order chi connectivity index (χ0) is 18.8. The number of halogens is 1. The lowest BCUT2D eigenvalue weighted by Gasteiger charge is -2.23. The maximum absolute atomic E-state index is 12.2. The molecule has 134 valence electrons. The standard InChI is InChI=1S/C18H23BrN4O2/c1-10-15(16(24)21-5)13(23-17(20)22-10)9-25-14-7-6-11(19)8-12(14)18(2,3)4/h6-8H,9H2,1-5H3,(H,21,24)(H2,20,22,23). The molecular formula is C18H23BrN4O2. The van der Waals surface area contributed by atoms with E-state index >= 15 is 0 Å². The number of anilines is 1. The van der Waals surface area contributed by atoms with Crippen molar-refractivity contribution >= 4 is 27.8 Å². The number of nitrogens with zero attached hydrogens (tertiary/aromatic N) is 2. The highest BCUT2D eigenvalue weighted by Crippen LogP contribution is 2.34. The van der Waals surface area contributed by atoms with Crippen molar-refractivity contribution in [2.24, 2.45) is 0 Å². The fraction of sp³-hybridized carbons (Fsp3) is 0.389. The number of hydrogen-bond acceptors (Lipinski definition) is 5. The van der Waals surface area contributed by atoms with Gasteiger partial charge in [-0.1, -0.05) is 36.7 Å². The number of carbonyl (C=O) groups excluding carboxylic acids is 1. The van der Waals surface area contributed by atoms with Crippen LogP contribution in [0.2, 0.25) is 0 Å². The summed E-state index contributed by atoms with van der Waals surface area (Å²) in [7, 11) is 1.56. The summed E-state index contributed by atoms with van der Waals surface area (Å²) in [6, 6.07) is 5.86. The lowest BCUT2D eigenvalue weighted by atomic mass is 9.86. The molecule has 2 rings (SSSR count). The highest BCUT2D eigenvalue weighted by molar-refractivity contribution is 9.10. The van der Waals surface area contributed by atoms with Crippen LogP contribution >= 0.6 is 15.9 Å². The van der Waals surface area contributed by atoms with Crippen LogP contribution in [0.5, 0.6) is 5.75 Å². The van der Waals surface area contributed by atoms with Crippen LogP contribution in [0.1, 0.15) is 48.1 Å². The molecular weight excluding hydrogens is 384 g/mol. The molecule has 0 spiro atoms. The number of nitrogen functional groups attached to an aromatic ring is 1. The van der Waals surface area contributed by atoms with Crippen molar-refractivity contribution in [3.8, 4) is 5.75 Å². The van der Waals surface area contributed by atoms with Gasteiger partial charge in [0.25, 0.3) is 5.91 Å². The summed E-state index contributed by atoms with van der Waals surface area (Å²) in [5.41, 5.74) is 8.09. The van der Waals surface area contributed by atoms with Crippen LogP contribution in [0, 0.1) is 6.92 Å². The van der Waals surface area contributed by atoms with E-state index in [1.54, 1.807) is 14.0 Å². The minimum Gasteiger partial charge on any atom is -0.487 e. The Morgan fingerprint density at radius 2 is 2.00 bits per heavy atom. The van der Waals surface area contributed by atoms with E-state index in [0.717, 1.165) is 15.8 Å². The molecule has 0 radical (unpaired) electrons. The number of ether oxygens (including phenoxy) is 1. The van der Waals surface area contributed by atoms with Crippen LogP contribution in [0.15, 0.2) is 22.7 Å². The van der Waals surface area contributed by atoms with Gasteiger partial charge in [0.1, 0.15) is 12.4 Å². The number of nitrogens with one attached hydrogen (secondary N) is 1. The van der Waals surface area contributed by atoms with Crippen molar-refractivity contribution in [3.63, 3.8) is 0 Å². The second-order valence-electron chi connectivity index (χ2n) is 6.75. The Hall–Kier alpha value is -2.15. The quantitative estimate of drug-likeness (QED) is 0.811. The van der Waals surface area contributed by atoms with Crippen molar-refractivity contribution in [2.45, 2.75) is 39.7 Å². The fourth-order valence-electron chi connectivity index (χ4n) is 2.54. The number of aromatic nitrogens is 2. The molecule has 0 aliphatic carbocycles. The van der Waals surface area contributed by atoms with E-state index in [9.17, 15) is 4.79 Å². The third-order valence-electron chi connectivity index (χ3n) is 3.75. The van der Waals surface area contributed by atoms with Crippen molar-refractivity contribution in [3.05, 3.63) is 45.2 Å². The van der Waals surface area contributed by atoms with Gasteiger partial charge in [0.15, 0.2) is 0 Å². The summed E-state index contributed by atoms with van der Waals surface area (Å²) < 4.78 is 6.99. The third kappa shape index (κ3) is 4.48. The van der Waals surface area contributed by atoms with Crippen LogP contribution in [-0.4, -0.2) is 22.9 Å². The molecule has 0 fully saturated rings. The van der Waals surface area contributed by atoms with Gasteiger partial charge < -0.3 is 15.8 Å². The van der Waals surface area contributed by atoms with Crippen LogP contribution in [0.25, 0.3) is 0 Å². The summed E-state index contributed by atoms with van der Waals surface area (Å²) in [6.07, 6.45) is 0. The minimum atomic E-state index is -0.261. The molecule has 6 nitrogen and oxygen atoms in total. The van der Waals surface area contributed by atoms with Gasteiger partial charge in [-0.15, -0.1) is 0 Å². The summed E-state index contributed by atoms with van der Waals surface area (Å²) in [4.78, 5) is 20.4. The van der Waals surface area contributed by atoms with Gasteiger partial charge in [-0.05, 0) is 30.5 Å². The largest absolute Gasteiger partial charge is 0.487 e. The molecule has 0 aliphatic rings. The molecule has 0 saturated heterocycles. The lowest BCUT2D eigenvalue weighted by molar-refractivity contribution is 0.0958. The van der Waals surface area contributed by atoms with E-state index in [1.807, 2.05) is 18.2 Å². The number of carbonyl (C=O) groups is 1. The van der Waals surface area contributed by atoms with Crippen molar-refractivity contribution < 1.29 is 9.53 Å². The molecule has 1 aromatic carbocycles. The van der Waals surface area contributed by atoms with Crippen molar-refractivity contribution in [1.29, 1.82) is 0 Å². The maximum atomic E-state index is 12.2. The number of benzene rings is 1. The Morgan fingerprint density at radius 3 is 2.60 bits per heavy atom. The van der Waals surface area contributed by atoms with E-state index in [4.69, 9.17) is 10.5 Å². The van der Waals surface area contributed by atoms with Gasteiger partial charge in [0.2, 0.25) is 5.95 Å². The average Bonchev–Trinajstić information content (AvgIpc) is 2.51. The first-order valence-electron chi connectivity index (χ1n) is 7.91. The molecule has 0 bridgehead atoms. The van der Waals surface area contributed by atoms with Gasteiger partial charge in [-0.25, -0.2) is 9.97 Å². The lowest BCUT2D eigenvalue weighted by Crippen LogP contribution is -2.24. The summed E-state index contributed by atoms with van der Waals surface area (Å²) in [5.74, 6) is 0.604. The number of nitrogens with two attached hydrogens (primary N) is 1. The highest BCUT2D eigenvalue weighted by Gasteiger charge is 2.21. The predicted octanol–water partition coefficient (Wildman–Crippen LogP) is 3.37. The molecule has 0 atom stereocenters. The first-order valence-corrected chi connectivity index (χ1v) is 8.70. The van der Waals surface area contributed by atoms with Gasteiger partial charge in [-0.3, -0.25) is 4.79 Å². The van der Waals surface area contributed by atoms with E-state index in [2.05, 4.69) is 52.0 Å². The van der Waals surface area contributed by atoms with Crippen LogP contribution in [0.3, 0.4) is 0 Å². The molecule has 0 unspecified atom stereocenters. The van der Waals surface area contributed by atoms with Crippen molar-refractivity contribution in [1.82, 2.24) is 15.3 Å². The number of rotatable bonds is 4. The fourth-order valence-corrected chi connectivity index (χ4v) is 2.90. The van der Waals surface area contributed by atoms with E-state index in [0.29, 0.717) is 17.0 Å². The number of aryl methyl sites for hydroxylation is 1. The molecule has 7 heteroatoms. The monoisotopic (exact) mass is 406 g/mol. The average molecular weight is 407 g/mol. The summed E-state index contributed by atoms with van der Waals surface area (Å²) in [6.45, 7) is 8.20. The normalized spacial score (nSPS) is 11.3. The van der Waals surface area contributed by atoms with Crippen LogP contribution < -0.4 is 15.8 Å². The highest BCUT2D eigenvalue weighted by atomic mass is 79.9. The Labute approximate surface area is 156 Å². The molecule has 1 heterocycles. The first-order chi connectivity index (χ1) is 11.6. The molecule has 25 heavy (non-hydrogen) atoms. The first kappa shape index (κ1) is 19.2. The summed E-state index contributed by atoms with van der Waals surface area (Å²) >= 11 is 3.50. The second-order valence-corrected chi connectivity index (χ2v) is 7.66. The minimum absolute atomic E-state index is 0.0939. The third-order valence-corrected chi connectivity index (χ3v) is 4.24. The van der Waals surface area contributed by atoms with E-state index < -0.39 is 0 Å². The smallest absolute Gasteiger partial charge is 0.254 e. The molecule has 1 amide bonds. The molecule has 0 saturated carbocycles. The van der Waals surface area contributed by atoms with Gasteiger partial charge in [-0.2, -0.15) is 0 Å².